The van der Waals surface area contributed by atoms with Gasteiger partial charge < -0.3 is 15.1 Å². The van der Waals surface area contributed by atoms with E-state index in [0.29, 0.717) is 23.0 Å². The summed E-state index contributed by atoms with van der Waals surface area (Å²) >= 11 is 1.36. The number of imidazole rings is 1. The van der Waals surface area contributed by atoms with Gasteiger partial charge in [0.15, 0.2) is 5.16 Å². The molecule has 0 atom stereocenters. The van der Waals surface area contributed by atoms with E-state index in [-0.39, 0.29) is 17.6 Å². The zero-order valence-corrected chi connectivity index (χ0v) is 20.1. The van der Waals surface area contributed by atoms with E-state index in [1.165, 1.54) is 17.3 Å². The van der Waals surface area contributed by atoms with Crippen molar-refractivity contribution in [1.29, 1.82) is 0 Å². The minimum absolute atomic E-state index is 0.0850. The summed E-state index contributed by atoms with van der Waals surface area (Å²) in [4.78, 5) is 29.4. The van der Waals surface area contributed by atoms with Crippen LogP contribution in [0.1, 0.15) is 32.8 Å². The Labute approximate surface area is 202 Å². The maximum absolute atomic E-state index is 12.6. The van der Waals surface area contributed by atoms with Crippen LogP contribution in [0.3, 0.4) is 0 Å². The molecule has 2 N–H and O–H groups in total. The average Bonchev–Trinajstić information content (AvgIpc) is 3.50. The molecule has 0 fully saturated rings. The third kappa shape index (κ3) is 5.58. The van der Waals surface area contributed by atoms with Gasteiger partial charge in [-0.25, -0.2) is 4.98 Å². The largest absolute Gasteiger partial charge is 0.467 e. The Hall–Kier alpha value is -3.78. The third-order valence-electron chi connectivity index (χ3n) is 5.29. The highest BCUT2D eigenvalue weighted by atomic mass is 32.2. The van der Waals surface area contributed by atoms with Crippen LogP contribution >= 0.6 is 11.8 Å². The molecule has 8 heteroatoms. The fourth-order valence-corrected chi connectivity index (χ4v) is 4.50. The van der Waals surface area contributed by atoms with Gasteiger partial charge in [0.2, 0.25) is 5.91 Å². The molecule has 0 bridgehead atoms. The molecule has 4 rings (SSSR count). The molecule has 0 radical (unpaired) electrons. The van der Waals surface area contributed by atoms with Crippen LogP contribution in [0.15, 0.2) is 76.8 Å². The molecule has 4 aromatic rings. The molecule has 0 saturated heterocycles. The normalized spacial score (nSPS) is 10.8. The summed E-state index contributed by atoms with van der Waals surface area (Å²) < 4.78 is 7.13. The van der Waals surface area contributed by atoms with Gasteiger partial charge in [0, 0.05) is 29.3 Å². The van der Waals surface area contributed by atoms with Crippen LogP contribution in [-0.4, -0.2) is 27.1 Å². The Bertz CT molecular complexity index is 1270. The number of aryl methyl sites for hydroxylation is 3. The quantitative estimate of drug-likeness (QED) is 0.349. The maximum atomic E-state index is 12.6. The van der Waals surface area contributed by atoms with Crippen molar-refractivity contribution in [3.8, 4) is 5.69 Å². The molecule has 2 aromatic heterocycles. The Morgan fingerprint density at radius 2 is 1.79 bits per heavy atom. The van der Waals surface area contributed by atoms with E-state index in [1.807, 2.05) is 49.7 Å². The van der Waals surface area contributed by atoms with Crippen LogP contribution in [0.2, 0.25) is 0 Å². The topological polar surface area (TPSA) is 89.2 Å². The van der Waals surface area contributed by atoms with Crippen LogP contribution in [0.5, 0.6) is 0 Å². The lowest BCUT2D eigenvalue weighted by Crippen LogP contribution is -2.22. The highest BCUT2D eigenvalue weighted by Gasteiger charge is 2.13. The van der Waals surface area contributed by atoms with Gasteiger partial charge >= 0.3 is 0 Å². The Balaban J connectivity index is 1.37. The van der Waals surface area contributed by atoms with Crippen molar-refractivity contribution in [2.75, 3.05) is 11.1 Å². The molecule has 0 saturated carbocycles. The van der Waals surface area contributed by atoms with Crippen molar-refractivity contribution in [2.45, 2.75) is 32.5 Å². The molecule has 0 aliphatic heterocycles. The molecule has 2 aromatic carbocycles. The van der Waals surface area contributed by atoms with Gasteiger partial charge in [-0.05, 0) is 68.3 Å². The van der Waals surface area contributed by atoms with E-state index in [4.69, 9.17) is 4.42 Å². The number of hydrogen-bond acceptors (Lipinski definition) is 5. The fraction of sp³-hybridized carbons (Fsp3) is 0.192. The van der Waals surface area contributed by atoms with Gasteiger partial charge in [-0.3, -0.25) is 14.2 Å². The SMILES string of the molecule is Cc1cc(C)c(NC(=O)CSc2nccn2-c2ccc(C(=O)NCc3ccco3)cc2)c(C)c1. The zero-order valence-electron chi connectivity index (χ0n) is 19.3. The molecule has 174 valence electrons. The molecule has 34 heavy (non-hydrogen) atoms. The summed E-state index contributed by atoms with van der Waals surface area (Å²) in [5.41, 5.74) is 5.53. The lowest BCUT2D eigenvalue weighted by atomic mass is 10.1. The van der Waals surface area contributed by atoms with E-state index in [2.05, 4.69) is 27.8 Å². The van der Waals surface area contributed by atoms with Crippen molar-refractivity contribution in [2.24, 2.45) is 0 Å². The molecule has 7 nitrogen and oxygen atoms in total. The molecule has 2 heterocycles. The first kappa shape index (κ1) is 23.4. The minimum Gasteiger partial charge on any atom is -0.467 e. The number of amides is 2. The molecule has 0 aliphatic carbocycles. The number of hydrogen-bond donors (Lipinski definition) is 2. The van der Waals surface area contributed by atoms with Gasteiger partial charge in [-0.15, -0.1) is 0 Å². The number of thioether (sulfide) groups is 1. The van der Waals surface area contributed by atoms with E-state index < -0.39 is 0 Å². The summed E-state index contributed by atoms with van der Waals surface area (Å²) in [6, 6.07) is 14.9. The molecule has 0 spiro atoms. The van der Waals surface area contributed by atoms with Gasteiger partial charge in [0.1, 0.15) is 5.76 Å². The minimum atomic E-state index is -0.179. The predicted octanol–water partition coefficient (Wildman–Crippen LogP) is 5.05. The Morgan fingerprint density at radius 1 is 1.06 bits per heavy atom. The van der Waals surface area contributed by atoms with Gasteiger partial charge in [-0.1, -0.05) is 29.5 Å². The summed E-state index contributed by atoms with van der Waals surface area (Å²) in [5, 5.41) is 6.55. The highest BCUT2D eigenvalue weighted by molar-refractivity contribution is 7.99. The first-order valence-corrected chi connectivity index (χ1v) is 11.8. The maximum Gasteiger partial charge on any atom is 0.251 e. The van der Waals surface area contributed by atoms with E-state index in [9.17, 15) is 9.59 Å². The summed E-state index contributed by atoms with van der Waals surface area (Å²) in [5.74, 6) is 0.665. The molecule has 0 unspecified atom stereocenters. The van der Waals surface area contributed by atoms with E-state index in [1.54, 1.807) is 30.7 Å². The number of nitrogens with one attached hydrogen (secondary N) is 2. The summed E-state index contributed by atoms with van der Waals surface area (Å²) in [6.45, 7) is 6.37. The highest BCUT2D eigenvalue weighted by Crippen LogP contribution is 2.24. The molecular formula is C26H26N4O3S. The summed E-state index contributed by atoms with van der Waals surface area (Å²) in [7, 11) is 0. The van der Waals surface area contributed by atoms with Crippen LogP contribution in [0, 0.1) is 20.8 Å². The second kappa shape index (κ2) is 10.4. The van der Waals surface area contributed by atoms with Gasteiger partial charge in [0.25, 0.3) is 5.91 Å². The monoisotopic (exact) mass is 474 g/mol. The number of benzene rings is 2. The van der Waals surface area contributed by atoms with Crippen molar-refractivity contribution >= 4 is 29.3 Å². The number of anilines is 1. The predicted molar refractivity (Wildman–Crippen MR) is 133 cm³/mol. The number of nitrogens with zero attached hydrogens (tertiary/aromatic N) is 2. The number of furan rings is 1. The van der Waals surface area contributed by atoms with Crippen molar-refractivity contribution in [1.82, 2.24) is 14.9 Å². The lowest BCUT2D eigenvalue weighted by molar-refractivity contribution is -0.113. The molecule has 0 aliphatic rings. The van der Waals surface area contributed by atoms with Crippen LogP contribution < -0.4 is 10.6 Å². The van der Waals surface area contributed by atoms with Crippen molar-refractivity contribution < 1.29 is 14.0 Å². The Morgan fingerprint density at radius 3 is 2.47 bits per heavy atom. The van der Waals surface area contributed by atoms with Crippen molar-refractivity contribution in [3.05, 3.63) is 95.2 Å². The number of carbonyl (C=O) groups excluding carboxylic acids is 2. The number of rotatable bonds is 8. The second-order valence-electron chi connectivity index (χ2n) is 8.00. The zero-order chi connectivity index (χ0) is 24.1. The van der Waals surface area contributed by atoms with Crippen LogP contribution in [0.4, 0.5) is 5.69 Å². The standard InChI is InChI=1S/C26H26N4O3S/c1-17-13-18(2)24(19(3)14-17)29-23(31)16-34-26-27-10-11-30(26)21-8-6-20(7-9-21)25(32)28-15-22-5-4-12-33-22/h4-14H,15-16H2,1-3H3,(H,28,32)(H,29,31). The third-order valence-corrected chi connectivity index (χ3v) is 6.26. The first-order chi connectivity index (χ1) is 16.4. The first-order valence-electron chi connectivity index (χ1n) is 10.9. The van der Waals surface area contributed by atoms with Crippen molar-refractivity contribution in [3.63, 3.8) is 0 Å². The second-order valence-corrected chi connectivity index (χ2v) is 8.94. The molecular weight excluding hydrogens is 448 g/mol. The summed E-state index contributed by atoms with van der Waals surface area (Å²) in [6.07, 6.45) is 5.10. The Kier molecular flexibility index (Phi) is 7.18. The van der Waals surface area contributed by atoms with Crippen LogP contribution in [0.25, 0.3) is 5.69 Å². The van der Waals surface area contributed by atoms with Gasteiger partial charge in [0.05, 0.1) is 18.6 Å². The fourth-order valence-electron chi connectivity index (χ4n) is 3.73. The van der Waals surface area contributed by atoms with Gasteiger partial charge in [-0.2, -0.15) is 0 Å². The average molecular weight is 475 g/mol. The lowest BCUT2D eigenvalue weighted by Gasteiger charge is -2.13. The molecule has 2 amide bonds. The number of carbonyl (C=O) groups is 2. The smallest absolute Gasteiger partial charge is 0.251 e. The van der Waals surface area contributed by atoms with E-state index in [0.717, 1.165) is 22.5 Å². The van der Waals surface area contributed by atoms with Crippen LogP contribution in [-0.2, 0) is 11.3 Å². The van der Waals surface area contributed by atoms with E-state index >= 15 is 0 Å². The number of aromatic nitrogens is 2.